The summed E-state index contributed by atoms with van der Waals surface area (Å²) in [7, 11) is 0. The molecule has 122 valence electrons. The maximum atomic E-state index is 12.3. The van der Waals surface area contributed by atoms with Crippen LogP contribution in [0.3, 0.4) is 0 Å². The second-order valence-corrected chi connectivity index (χ2v) is 5.35. The molecule has 8 heteroatoms. The van der Waals surface area contributed by atoms with Crippen molar-refractivity contribution < 1.29 is 24.8 Å². The number of nitro benzene ring substituents is 1. The molecule has 1 heterocycles. The van der Waals surface area contributed by atoms with Crippen LogP contribution in [0.2, 0.25) is 0 Å². The minimum absolute atomic E-state index is 0.0917. The number of fused-ring (bicyclic) bond motifs is 1. The lowest BCUT2D eigenvalue weighted by atomic mass is 9.81. The number of hydrogen-bond donors (Lipinski definition) is 2. The first-order valence-corrected chi connectivity index (χ1v) is 7.00. The topological polar surface area (TPSA) is 121 Å². The molecule has 0 saturated heterocycles. The van der Waals surface area contributed by atoms with Gasteiger partial charge in [0.15, 0.2) is 0 Å². The fourth-order valence-electron chi connectivity index (χ4n) is 2.95. The van der Waals surface area contributed by atoms with E-state index in [0.29, 0.717) is 5.06 Å². The molecule has 0 bridgehead atoms. The maximum absolute atomic E-state index is 12.3. The number of nitrogens with zero attached hydrogens (tertiary/aromatic N) is 2. The van der Waals surface area contributed by atoms with Gasteiger partial charge in [-0.25, -0.2) is 5.06 Å². The number of carboxylic acids is 1. The van der Waals surface area contributed by atoms with Gasteiger partial charge >= 0.3 is 5.97 Å². The van der Waals surface area contributed by atoms with Crippen molar-refractivity contribution in [1.82, 2.24) is 5.06 Å². The van der Waals surface area contributed by atoms with Crippen molar-refractivity contribution in [3.63, 3.8) is 0 Å². The van der Waals surface area contributed by atoms with E-state index in [1.54, 1.807) is 12.1 Å². The van der Waals surface area contributed by atoms with Crippen LogP contribution in [0, 0.1) is 10.1 Å². The van der Waals surface area contributed by atoms with E-state index in [4.69, 9.17) is 0 Å². The summed E-state index contributed by atoms with van der Waals surface area (Å²) in [5.41, 5.74) is 0.268. The van der Waals surface area contributed by atoms with Crippen LogP contribution in [0.25, 0.3) is 0 Å². The van der Waals surface area contributed by atoms with Crippen LogP contribution in [0.15, 0.2) is 48.5 Å². The van der Waals surface area contributed by atoms with E-state index in [2.05, 4.69) is 0 Å². The SMILES string of the molecule is O=C(O)[C@H]1c2ccccc2C(=O)N(O)[C@@H]1c1cccc([N+](=O)[O-])c1. The van der Waals surface area contributed by atoms with Gasteiger partial charge in [-0.1, -0.05) is 30.3 Å². The molecule has 24 heavy (non-hydrogen) atoms. The highest BCUT2D eigenvalue weighted by molar-refractivity contribution is 5.99. The number of nitro groups is 1. The number of benzene rings is 2. The van der Waals surface area contributed by atoms with Crippen molar-refractivity contribution in [3.8, 4) is 0 Å². The Morgan fingerprint density at radius 1 is 1.17 bits per heavy atom. The van der Waals surface area contributed by atoms with E-state index >= 15 is 0 Å². The molecule has 0 radical (unpaired) electrons. The van der Waals surface area contributed by atoms with Crippen molar-refractivity contribution in [2.45, 2.75) is 12.0 Å². The number of amides is 1. The molecule has 1 aliphatic heterocycles. The third kappa shape index (κ3) is 2.38. The van der Waals surface area contributed by atoms with Gasteiger partial charge in [0, 0.05) is 17.7 Å². The summed E-state index contributed by atoms with van der Waals surface area (Å²) in [6.45, 7) is 0. The van der Waals surface area contributed by atoms with E-state index in [-0.39, 0.29) is 22.4 Å². The molecule has 0 aromatic heterocycles. The summed E-state index contributed by atoms with van der Waals surface area (Å²) >= 11 is 0. The minimum Gasteiger partial charge on any atom is -0.481 e. The highest BCUT2D eigenvalue weighted by Gasteiger charge is 2.44. The van der Waals surface area contributed by atoms with Gasteiger partial charge < -0.3 is 5.11 Å². The third-order valence-corrected chi connectivity index (χ3v) is 4.00. The first-order valence-electron chi connectivity index (χ1n) is 7.00. The Morgan fingerprint density at radius 3 is 2.54 bits per heavy atom. The molecule has 2 atom stereocenters. The van der Waals surface area contributed by atoms with Gasteiger partial charge in [0.2, 0.25) is 0 Å². The third-order valence-electron chi connectivity index (χ3n) is 4.00. The monoisotopic (exact) mass is 328 g/mol. The molecule has 8 nitrogen and oxygen atoms in total. The van der Waals surface area contributed by atoms with Gasteiger partial charge in [-0.3, -0.25) is 24.9 Å². The summed E-state index contributed by atoms with van der Waals surface area (Å²) in [5.74, 6) is -3.24. The number of hydrogen-bond acceptors (Lipinski definition) is 5. The molecule has 3 rings (SSSR count). The van der Waals surface area contributed by atoms with Gasteiger partial charge in [0.25, 0.3) is 11.6 Å². The van der Waals surface area contributed by atoms with Crippen molar-refractivity contribution >= 4 is 17.6 Å². The molecule has 2 aromatic carbocycles. The lowest BCUT2D eigenvalue weighted by Crippen LogP contribution is -2.43. The van der Waals surface area contributed by atoms with Crippen molar-refractivity contribution in [2.75, 3.05) is 0 Å². The zero-order valence-electron chi connectivity index (χ0n) is 12.2. The molecule has 0 aliphatic carbocycles. The molecule has 0 saturated carbocycles. The number of rotatable bonds is 3. The highest BCUT2D eigenvalue weighted by atomic mass is 16.6. The molecule has 1 amide bonds. The molecule has 0 unspecified atom stereocenters. The largest absolute Gasteiger partial charge is 0.481 e. The predicted octanol–water partition coefficient (Wildman–Crippen LogP) is 2.35. The summed E-state index contributed by atoms with van der Waals surface area (Å²) in [5, 5.41) is 31.1. The van der Waals surface area contributed by atoms with E-state index in [1.165, 1.54) is 30.3 Å². The van der Waals surface area contributed by atoms with Crippen LogP contribution in [-0.4, -0.2) is 32.2 Å². The van der Waals surface area contributed by atoms with E-state index < -0.39 is 28.8 Å². The molecule has 2 N–H and O–H groups in total. The highest BCUT2D eigenvalue weighted by Crippen LogP contribution is 2.42. The average molecular weight is 328 g/mol. The Balaban J connectivity index is 2.19. The predicted molar refractivity (Wildman–Crippen MR) is 80.6 cm³/mol. The number of carboxylic acid groups (broad SMARTS) is 1. The first-order chi connectivity index (χ1) is 11.4. The summed E-state index contributed by atoms with van der Waals surface area (Å²) in [4.78, 5) is 34.4. The Hall–Kier alpha value is -3.26. The van der Waals surface area contributed by atoms with Crippen LogP contribution in [-0.2, 0) is 4.79 Å². The maximum Gasteiger partial charge on any atom is 0.313 e. The number of carbonyl (C=O) groups is 2. The Bertz CT molecular complexity index is 850. The number of aliphatic carboxylic acids is 1. The van der Waals surface area contributed by atoms with E-state index in [9.17, 15) is 30.0 Å². The number of hydroxylamine groups is 2. The molecule has 0 fully saturated rings. The van der Waals surface area contributed by atoms with Crippen LogP contribution in [0.4, 0.5) is 5.69 Å². The standard InChI is InChI=1S/C16H12N2O6/c19-15-12-7-2-1-6-11(12)13(16(20)21)14(17(15)22)9-4-3-5-10(8-9)18(23)24/h1-8,13-14,22H,(H,20,21)/t13-,14+/m0/s1. The Morgan fingerprint density at radius 2 is 1.88 bits per heavy atom. The summed E-state index contributed by atoms with van der Waals surface area (Å²) in [6, 6.07) is 10.1. The molecule has 0 spiro atoms. The first kappa shape index (κ1) is 15.6. The van der Waals surface area contributed by atoms with Gasteiger partial charge in [0.05, 0.1) is 4.92 Å². The van der Waals surface area contributed by atoms with Gasteiger partial charge in [-0.2, -0.15) is 0 Å². The zero-order valence-corrected chi connectivity index (χ0v) is 12.2. The fraction of sp³-hybridized carbons (Fsp3) is 0.125. The quantitative estimate of drug-likeness (QED) is 0.507. The molecule has 1 aliphatic rings. The lowest BCUT2D eigenvalue weighted by Gasteiger charge is -2.36. The van der Waals surface area contributed by atoms with Crippen molar-refractivity contribution in [3.05, 3.63) is 75.3 Å². The van der Waals surface area contributed by atoms with Crippen LogP contribution >= 0.6 is 0 Å². The van der Waals surface area contributed by atoms with Gasteiger partial charge in [-0.15, -0.1) is 0 Å². The molecular weight excluding hydrogens is 316 g/mol. The zero-order chi connectivity index (χ0) is 17.4. The van der Waals surface area contributed by atoms with Gasteiger partial charge in [-0.05, 0) is 17.2 Å². The van der Waals surface area contributed by atoms with Crippen molar-refractivity contribution in [1.29, 1.82) is 0 Å². The Kier molecular flexibility index (Phi) is 3.74. The lowest BCUT2D eigenvalue weighted by molar-refractivity contribution is -0.385. The van der Waals surface area contributed by atoms with Crippen LogP contribution < -0.4 is 0 Å². The number of carbonyl (C=O) groups excluding carboxylic acids is 1. The number of non-ortho nitro benzene ring substituents is 1. The Labute approximate surface area is 135 Å². The van der Waals surface area contributed by atoms with Crippen LogP contribution in [0.5, 0.6) is 0 Å². The van der Waals surface area contributed by atoms with Crippen molar-refractivity contribution in [2.24, 2.45) is 0 Å². The van der Waals surface area contributed by atoms with Gasteiger partial charge in [0.1, 0.15) is 12.0 Å². The van der Waals surface area contributed by atoms with E-state index in [0.717, 1.165) is 6.07 Å². The second-order valence-electron chi connectivity index (χ2n) is 5.35. The normalized spacial score (nSPS) is 19.7. The molecule has 2 aromatic rings. The minimum atomic E-state index is -1.26. The second kappa shape index (κ2) is 5.74. The van der Waals surface area contributed by atoms with Crippen LogP contribution in [0.1, 0.15) is 33.4 Å². The summed E-state index contributed by atoms with van der Waals surface area (Å²) < 4.78 is 0. The van der Waals surface area contributed by atoms with E-state index in [1.807, 2.05) is 0 Å². The summed E-state index contributed by atoms with van der Waals surface area (Å²) in [6.07, 6.45) is 0. The fourth-order valence-corrected chi connectivity index (χ4v) is 2.95. The molecular formula is C16H12N2O6. The average Bonchev–Trinajstić information content (AvgIpc) is 2.57. The smallest absolute Gasteiger partial charge is 0.313 e.